The normalized spacial score (nSPS) is 11.2. The van der Waals surface area contributed by atoms with Crippen LogP contribution in [0.5, 0.6) is 5.75 Å². The van der Waals surface area contributed by atoms with E-state index in [-0.39, 0.29) is 34.2 Å². The Morgan fingerprint density at radius 2 is 1.94 bits per heavy atom. The van der Waals surface area contributed by atoms with Crippen molar-refractivity contribution in [2.45, 2.75) is 18.7 Å². The number of methoxy groups -OCH3 is 1. The van der Waals surface area contributed by atoms with Crippen LogP contribution in [0.3, 0.4) is 0 Å². The number of aryl methyl sites for hydroxylation is 1. The number of aromatic nitrogens is 1. The Morgan fingerprint density at radius 1 is 1.19 bits per heavy atom. The summed E-state index contributed by atoms with van der Waals surface area (Å²) in [5.41, 5.74) is 7.52. The van der Waals surface area contributed by atoms with Crippen LogP contribution in [0.4, 0.5) is 11.4 Å². The van der Waals surface area contributed by atoms with Crippen LogP contribution >= 0.6 is 0 Å². The van der Waals surface area contributed by atoms with Gasteiger partial charge in [0.05, 0.1) is 34.5 Å². The predicted molar refractivity (Wildman–Crippen MR) is 122 cm³/mol. The van der Waals surface area contributed by atoms with Crippen LogP contribution in [0.25, 0.3) is 10.9 Å². The van der Waals surface area contributed by atoms with Gasteiger partial charge in [-0.1, -0.05) is 6.07 Å². The maximum Gasteiger partial charge on any atom is 0.252 e. The summed E-state index contributed by atoms with van der Waals surface area (Å²) in [6.45, 7) is 3.04. The molecule has 168 valence electrons. The number of fused-ring (bicyclic) bond motifs is 1. The Balaban J connectivity index is 2.19. The minimum atomic E-state index is -3.78. The van der Waals surface area contributed by atoms with E-state index in [1.54, 1.807) is 37.3 Å². The van der Waals surface area contributed by atoms with Gasteiger partial charge in [0.25, 0.3) is 5.91 Å². The number of ether oxygens (including phenoxy) is 1. The summed E-state index contributed by atoms with van der Waals surface area (Å²) in [5.74, 6) is -0.709. The topological polar surface area (TPSA) is 140 Å². The lowest BCUT2D eigenvalue weighted by atomic mass is 10.1. The van der Waals surface area contributed by atoms with E-state index in [0.29, 0.717) is 28.1 Å². The first-order chi connectivity index (χ1) is 15.1. The van der Waals surface area contributed by atoms with Crippen LogP contribution < -0.4 is 21.1 Å². The zero-order chi connectivity index (χ0) is 23.5. The summed E-state index contributed by atoms with van der Waals surface area (Å²) in [5, 5.41) is 6.08. The summed E-state index contributed by atoms with van der Waals surface area (Å²) in [7, 11) is -2.24. The van der Waals surface area contributed by atoms with Gasteiger partial charge in [-0.3, -0.25) is 14.6 Å². The van der Waals surface area contributed by atoms with Crippen molar-refractivity contribution in [3.05, 3.63) is 53.7 Å². The highest BCUT2D eigenvalue weighted by atomic mass is 32.2. The number of amides is 2. The van der Waals surface area contributed by atoms with Gasteiger partial charge in [-0.2, -0.15) is 0 Å². The number of hydrogen-bond donors (Lipinski definition) is 3. The highest BCUT2D eigenvalue weighted by molar-refractivity contribution is 7.91. The zero-order valence-electron chi connectivity index (χ0n) is 17.9. The van der Waals surface area contributed by atoms with Gasteiger partial charge in [-0.25, -0.2) is 8.42 Å². The largest absolute Gasteiger partial charge is 0.497 e. The summed E-state index contributed by atoms with van der Waals surface area (Å²) in [6, 6.07) is 10.3. The number of nitrogens with one attached hydrogen (secondary N) is 2. The minimum Gasteiger partial charge on any atom is -0.497 e. The van der Waals surface area contributed by atoms with Crippen molar-refractivity contribution in [2.24, 2.45) is 5.73 Å². The number of rotatable bonds is 8. The molecule has 0 saturated carbocycles. The average Bonchev–Trinajstić information content (AvgIpc) is 2.73. The maximum absolute atomic E-state index is 13.0. The van der Waals surface area contributed by atoms with Crippen LogP contribution in [0.1, 0.15) is 22.8 Å². The molecule has 0 bridgehead atoms. The molecule has 32 heavy (non-hydrogen) atoms. The molecule has 0 spiro atoms. The second kappa shape index (κ2) is 9.23. The number of primary amides is 1. The quantitative estimate of drug-likeness (QED) is 0.472. The van der Waals surface area contributed by atoms with E-state index in [4.69, 9.17) is 10.5 Å². The molecule has 0 radical (unpaired) electrons. The summed E-state index contributed by atoms with van der Waals surface area (Å²) < 4.78 is 31.3. The van der Waals surface area contributed by atoms with Crippen molar-refractivity contribution in [1.82, 2.24) is 10.3 Å². The van der Waals surface area contributed by atoms with Crippen LogP contribution in [-0.2, 0) is 14.6 Å². The second-order valence-corrected chi connectivity index (χ2v) is 9.31. The van der Waals surface area contributed by atoms with Gasteiger partial charge in [0.15, 0.2) is 9.84 Å². The number of hydrogen-bond acceptors (Lipinski definition) is 7. The van der Waals surface area contributed by atoms with E-state index < -0.39 is 15.7 Å². The Hall–Kier alpha value is -3.66. The second-order valence-electron chi connectivity index (χ2n) is 7.23. The monoisotopic (exact) mass is 456 g/mol. The molecule has 0 fully saturated rings. The van der Waals surface area contributed by atoms with Crippen molar-refractivity contribution in [3.8, 4) is 5.75 Å². The number of nitrogens with zero attached hydrogens (tertiary/aromatic N) is 1. The number of nitrogens with two attached hydrogens (primary N) is 1. The third-order valence-electron chi connectivity index (χ3n) is 4.77. The first kappa shape index (κ1) is 23.0. The number of pyridine rings is 1. The molecular formula is C22H24N4O5S. The molecule has 3 aromatic rings. The number of benzene rings is 2. The lowest BCUT2D eigenvalue weighted by Gasteiger charge is -2.16. The van der Waals surface area contributed by atoms with Crippen molar-refractivity contribution < 1.29 is 22.7 Å². The molecule has 0 saturated heterocycles. The van der Waals surface area contributed by atoms with Gasteiger partial charge >= 0.3 is 0 Å². The number of anilines is 2. The van der Waals surface area contributed by atoms with Crippen LogP contribution in [0, 0.1) is 6.92 Å². The summed E-state index contributed by atoms with van der Waals surface area (Å²) in [6.07, 6.45) is 1.26. The molecule has 2 aromatic carbocycles. The molecule has 0 aliphatic heterocycles. The van der Waals surface area contributed by atoms with Gasteiger partial charge in [0.1, 0.15) is 5.75 Å². The van der Waals surface area contributed by atoms with E-state index in [0.717, 1.165) is 0 Å². The molecular weight excluding hydrogens is 432 g/mol. The lowest BCUT2D eigenvalue weighted by Crippen LogP contribution is -2.27. The first-order valence-electron chi connectivity index (χ1n) is 9.74. The minimum absolute atomic E-state index is 0.0163. The van der Waals surface area contributed by atoms with Crippen LogP contribution in [-0.4, -0.2) is 44.6 Å². The van der Waals surface area contributed by atoms with Gasteiger partial charge in [-0.05, 0) is 36.8 Å². The standard InChI is InChI=1S/C22H24N4O5S/c1-13-9-17-20(26-15-5-4-6-16(11-15)31-3)18(22(23)28)12-25-21(17)19(10-13)32(29,30)8-7-24-14(2)27/h4-6,9-12H,7-8H2,1-3H3,(H2,23,28)(H,24,27)(H,25,26). The Labute approximate surface area is 185 Å². The molecule has 4 N–H and O–H groups in total. The van der Waals surface area contributed by atoms with Crippen LogP contribution in [0.2, 0.25) is 0 Å². The highest BCUT2D eigenvalue weighted by Crippen LogP contribution is 2.34. The highest BCUT2D eigenvalue weighted by Gasteiger charge is 2.23. The zero-order valence-corrected chi connectivity index (χ0v) is 18.7. The number of carbonyl (C=O) groups excluding carboxylic acids is 2. The average molecular weight is 457 g/mol. The fourth-order valence-electron chi connectivity index (χ4n) is 3.28. The van der Waals surface area contributed by atoms with E-state index in [1.807, 2.05) is 0 Å². The van der Waals surface area contributed by atoms with Gasteiger partial charge in [0.2, 0.25) is 5.91 Å². The fraction of sp³-hybridized carbons (Fsp3) is 0.227. The molecule has 0 unspecified atom stereocenters. The Morgan fingerprint density at radius 3 is 2.59 bits per heavy atom. The van der Waals surface area contributed by atoms with Crippen molar-refractivity contribution in [1.29, 1.82) is 0 Å². The smallest absolute Gasteiger partial charge is 0.252 e. The van der Waals surface area contributed by atoms with Gasteiger partial charge in [-0.15, -0.1) is 0 Å². The lowest BCUT2D eigenvalue weighted by molar-refractivity contribution is -0.118. The first-order valence-corrected chi connectivity index (χ1v) is 11.4. The van der Waals surface area contributed by atoms with Gasteiger partial charge < -0.3 is 21.1 Å². The van der Waals surface area contributed by atoms with E-state index in [9.17, 15) is 18.0 Å². The van der Waals surface area contributed by atoms with Crippen molar-refractivity contribution in [3.63, 3.8) is 0 Å². The molecule has 0 aliphatic rings. The van der Waals surface area contributed by atoms with E-state index in [1.165, 1.54) is 26.3 Å². The third-order valence-corrected chi connectivity index (χ3v) is 6.49. The number of sulfone groups is 1. The molecule has 10 heteroatoms. The van der Waals surface area contributed by atoms with Crippen molar-refractivity contribution >= 4 is 43.9 Å². The SMILES string of the molecule is COc1cccc(Nc2c(C(N)=O)cnc3c(S(=O)(=O)CCNC(C)=O)cc(C)cc23)c1. The molecule has 1 aromatic heterocycles. The Bertz CT molecular complexity index is 1310. The van der Waals surface area contributed by atoms with Crippen LogP contribution in [0.15, 0.2) is 47.5 Å². The molecule has 9 nitrogen and oxygen atoms in total. The van der Waals surface area contributed by atoms with Crippen molar-refractivity contribution in [2.75, 3.05) is 24.7 Å². The number of carbonyl (C=O) groups is 2. The molecule has 0 aliphatic carbocycles. The van der Waals surface area contributed by atoms with E-state index in [2.05, 4.69) is 15.6 Å². The van der Waals surface area contributed by atoms with Gasteiger partial charge in [0, 0.05) is 36.8 Å². The molecule has 0 atom stereocenters. The third kappa shape index (κ3) is 4.97. The molecule has 1 heterocycles. The molecule has 2 amide bonds. The fourth-order valence-corrected chi connectivity index (χ4v) is 4.70. The predicted octanol–water partition coefficient (Wildman–Crippen LogP) is 2.30. The summed E-state index contributed by atoms with van der Waals surface area (Å²) in [4.78, 5) is 27.5. The van der Waals surface area contributed by atoms with E-state index >= 15 is 0 Å². The Kier molecular flexibility index (Phi) is 6.64. The maximum atomic E-state index is 13.0. The molecule has 3 rings (SSSR count). The summed E-state index contributed by atoms with van der Waals surface area (Å²) >= 11 is 0.